The molecule has 0 aliphatic carbocycles. The lowest BCUT2D eigenvalue weighted by molar-refractivity contribution is 0.117. The van der Waals surface area contributed by atoms with E-state index in [0.717, 1.165) is 12.1 Å². The van der Waals surface area contributed by atoms with Gasteiger partial charge in [-0.05, 0) is 12.0 Å². The zero-order chi connectivity index (χ0) is 14.3. The first-order valence-electron chi connectivity index (χ1n) is 6.85. The first kappa shape index (κ1) is 13.5. The quantitative estimate of drug-likeness (QED) is 0.675. The molecule has 0 atom stereocenters. The van der Waals surface area contributed by atoms with E-state index in [4.69, 9.17) is 9.26 Å². The van der Waals surface area contributed by atoms with Gasteiger partial charge in [-0.15, -0.1) is 0 Å². The number of hydrogen-bond acceptors (Lipinski definition) is 5. The van der Waals surface area contributed by atoms with Crippen molar-refractivity contribution >= 4 is 0 Å². The summed E-state index contributed by atoms with van der Waals surface area (Å²) in [5.74, 6) is 1.15. The Balaban J connectivity index is 1.40. The predicted molar refractivity (Wildman–Crippen MR) is 76.3 cm³/mol. The van der Waals surface area contributed by atoms with Gasteiger partial charge in [0, 0.05) is 13.0 Å². The number of nitrogens with one attached hydrogen (secondary N) is 1. The van der Waals surface area contributed by atoms with Crippen LogP contribution in [0.2, 0.25) is 0 Å². The minimum Gasteiger partial charge on any atom is -0.377 e. The van der Waals surface area contributed by atoms with Crippen LogP contribution in [0.5, 0.6) is 0 Å². The van der Waals surface area contributed by atoms with Crippen molar-refractivity contribution in [3.8, 4) is 11.5 Å². The molecule has 0 aliphatic heterocycles. The Labute approximate surface area is 122 Å². The highest BCUT2D eigenvalue weighted by Gasteiger charge is 2.09. The maximum absolute atomic E-state index is 5.61. The highest BCUT2D eigenvalue weighted by atomic mass is 16.5. The fourth-order valence-electron chi connectivity index (χ4n) is 1.93. The molecule has 1 aromatic carbocycles. The first-order valence-corrected chi connectivity index (χ1v) is 6.85. The summed E-state index contributed by atoms with van der Waals surface area (Å²) in [6.45, 7) is 1.29. The fourth-order valence-corrected chi connectivity index (χ4v) is 1.93. The number of aromatic amines is 1. The van der Waals surface area contributed by atoms with Crippen LogP contribution in [0.15, 0.2) is 47.4 Å². The van der Waals surface area contributed by atoms with Crippen molar-refractivity contribution in [3.05, 3.63) is 54.3 Å². The van der Waals surface area contributed by atoms with Crippen molar-refractivity contribution in [1.29, 1.82) is 0 Å². The lowest BCUT2D eigenvalue weighted by atomic mass is 10.2. The van der Waals surface area contributed by atoms with Crippen molar-refractivity contribution in [2.24, 2.45) is 0 Å². The second-order valence-electron chi connectivity index (χ2n) is 4.62. The summed E-state index contributed by atoms with van der Waals surface area (Å²) < 4.78 is 10.8. The van der Waals surface area contributed by atoms with Gasteiger partial charge >= 0.3 is 0 Å². The second-order valence-corrected chi connectivity index (χ2v) is 4.62. The number of hydrogen-bond donors (Lipinski definition) is 1. The molecular formula is C15H16N4O2. The Morgan fingerprint density at radius 3 is 2.90 bits per heavy atom. The summed E-state index contributed by atoms with van der Waals surface area (Å²) in [6, 6.07) is 10.1. The molecule has 0 saturated heterocycles. The number of aryl methyl sites for hydroxylation is 1. The third-order valence-corrected chi connectivity index (χ3v) is 3.00. The van der Waals surface area contributed by atoms with Crippen molar-refractivity contribution in [3.63, 3.8) is 0 Å². The Morgan fingerprint density at radius 1 is 1.19 bits per heavy atom. The highest BCUT2D eigenvalue weighted by Crippen LogP contribution is 2.12. The number of imidazole rings is 1. The van der Waals surface area contributed by atoms with E-state index in [-0.39, 0.29) is 0 Å². The standard InChI is InChI=1S/C15H16N4O2/c1-2-5-12(6-3-1)10-20-8-4-7-14-18-15(19-21-14)13-9-16-11-17-13/h1-3,5-6,9,11H,4,7-8,10H2,(H,16,17). The molecule has 6 heteroatoms. The van der Waals surface area contributed by atoms with Crippen LogP contribution in [0.25, 0.3) is 11.5 Å². The van der Waals surface area contributed by atoms with Crippen molar-refractivity contribution in [2.45, 2.75) is 19.4 Å². The number of aromatic nitrogens is 4. The average molecular weight is 284 g/mol. The van der Waals surface area contributed by atoms with Gasteiger partial charge in [-0.3, -0.25) is 0 Å². The molecule has 2 heterocycles. The van der Waals surface area contributed by atoms with Gasteiger partial charge in [0.15, 0.2) is 0 Å². The van der Waals surface area contributed by atoms with Crippen molar-refractivity contribution in [1.82, 2.24) is 20.1 Å². The largest absolute Gasteiger partial charge is 0.377 e. The summed E-state index contributed by atoms with van der Waals surface area (Å²) >= 11 is 0. The summed E-state index contributed by atoms with van der Waals surface area (Å²) in [5, 5.41) is 3.91. The molecular weight excluding hydrogens is 268 g/mol. The van der Waals surface area contributed by atoms with Crippen molar-refractivity contribution < 1.29 is 9.26 Å². The number of benzene rings is 1. The van der Waals surface area contributed by atoms with Gasteiger partial charge in [-0.2, -0.15) is 4.98 Å². The number of ether oxygens (including phenoxy) is 1. The molecule has 3 aromatic rings. The Morgan fingerprint density at radius 2 is 2.10 bits per heavy atom. The lowest BCUT2D eigenvalue weighted by Crippen LogP contribution is -1.97. The van der Waals surface area contributed by atoms with Crippen LogP contribution < -0.4 is 0 Å². The molecule has 21 heavy (non-hydrogen) atoms. The minimum atomic E-state index is 0.535. The number of rotatable bonds is 7. The molecule has 3 rings (SSSR count). The Kier molecular flexibility index (Phi) is 4.38. The van der Waals surface area contributed by atoms with E-state index in [2.05, 4.69) is 32.2 Å². The molecule has 0 unspecified atom stereocenters. The zero-order valence-electron chi connectivity index (χ0n) is 11.5. The van der Waals surface area contributed by atoms with Gasteiger partial charge < -0.3 is 14.2 Å². The monoisotopic (exact) mass is 284 g/mol. The molecule has 0 spiro atoms. The molecule has 0 bridgehead atoms. The molecule has 0 saturated carbocycles. The number of H-pyrrole nitrogens is 1. The molecule has 0 amide bonds. The van der Waals surface area contributed by atoms with E-state index in [1.807, 2.05) is 18.2 Å². The molecule has 2 aromatic heterocycles. The van der Waals surface area contributed by atoms with Gasteiger partial charge in [-0.1, -0.05) is 35.5 Å². The summed E-state index contributed by atoms with van der Waals surface area (Å²) in [7, 11) is 0. The van der Waals surface area contributed by atoms with Crippen LogP contribution in [0, 0.1) is 0 Å². The molecule has 1 N–H and O–H groups in total. The van der Waals surface area contributed by atoms with E-state index >= 15 is 0 Å². The Bertz CT molecular complexity index is 649. The van der Waals surface area contributed by atoms with Crippen LogP contribution in [0.1, 0.15) is 17.9 Å². The van der Waals surface area contributed by atoms with Gasteiger partial charge in [-0.25, -0.2) is 4.98 Å². The van der Waals surface area contributed by atoms with Crippen LogP contribution in [-0.2, 0) is 17.8 Å². The van der Waals surface area contributed by atoms with Crippen molar-refractivity contribution in [2.75, 3.05) is 6.61 Å². The fraction of sp³-hybridized carbons (Fsp3) is 0.267. The van der Waals surface area contributed by atoms with E-state index in [9.17, 15) is 0 Å². The van der Waals surface area contributed by atoms with E-state index in [1.165, 1.54) is 5.56 Å². The van der Waals surface area contributed by atoms with Gasteiger partial charge in [0.2, 0.25) is 11.7 Å². The van der Waals surface area contributed by atoms with Crippen LogP contribution >= 0.6 is 0 Å². The van der Waals surface area contributed by atoms with Crippen LogP contribution in [0.4, 0.5) is 0 Å². The summed E-state index contributed by atoms with van der Waals surface area (Å²) in [5.41, 5.74) is 1.93. The summed E-state index contributed by atoms with van der Waals surface area (Å²) in [4.78, 5) is 11.2. The molecule has 0 fully saturated rings. The van der Waals surface area contributed by atoms with Gasteiger partial charge in [0.05, 0.1) is 19.1 Å². The maximum Gasteiger partial charge on any atom is 0.227 e. The minimum absolute atomic E-state index is 0.535. The SMILES string of the molecule is c1ccc(COCCCc2nc(-c3cnc[nH]3)no2)cc1. The second kappa shape index (κ2) is 6.81. The van der Waals surface area contributed by atoms with Crippen LogP contribution in [-0.4, -0.2) is 26.7 Å². The smallest absolute Gasteiger partial charge is 0.227 e. The Hall–Kier alpha value is -2.47. The third-order valence-electron chi connectivity index (χ3n) is 3.00. The molecule has 6 nitrogen and oxygen atoms in total. The normalized spacial score (nSPS) is 10.9. The van der Waals surface area contributed by atoms with E-state index in [0.29, 0.717) is 31.3 Å². The zero-order valence-corrected chi connectivity index (χ0v) is 11.5. The topological polar surface area (TPSA) is 76.8 Å². The first-order chi connectivity index (χ1) is 10.4. The predicted octanol–water partition coefficient (Wildman–Crippen LogP) is 2.61. The van der Waals surface area contributed by atoms with E-state index in [1.54, 1.807) is 12.5 Å². The summed E-state index contributed by atoms with van der Waals surface area (Å²) in [6.07, 6.45) is 4.80. The molecule has 108 valence electrons. The lowest BCUT2D eigenvalue weighted by Gasteiger charge is -2.02. The average Bonchev–Trinajstić information content (AvgIpc) is 3.19. The van der Waals surface area contributed by atoms with Crippen LogP contribution in [0.3, 0.4) is 0 Å². The number of nitrogens with zero attached hydrogens (tertiary/aromatic N) is 3. The highest BCUT2D eigenvalue weighted by molar-refractivity contribution is 5.45. The van der Waals surface area contributed by atoms with Gasteiger partial charge in [0.25, 0.3) is 0 Å². The third kappa shape index (κ3) is 3.76. The molecule has 0 aliphatic rings. The van der Waals surface area contributed by atoms with Gasteiger partial charge in [0.1, 0.15) is 5.69 Å². The molecule has 0 radical (unpaired) electrons. The van der Waals surface area contributed by atoms with E-state index < -0.39 is 0 Å². The maximum atomic E-state index is 5.61.